The second-order valence-electron chi connectivity index (χ2n) is 5.02. The van der Waals surface area contributed by atoms with Gasteiger partial charge in [-0.15, -0.1) is 16.9 Å². The number of benzene rings is 2. The summed E-state index contributed by atoms with van der Waals surface area (Å²) in [5.74, 6) is 1.41. The number of fused-ring (bicyclic) bond motifs is 3. The number of aromatic nitrogens is 4. The van der Waals surface area contributed by atoms with Crippen molar-refractivity contribution in [1.29, 1.82) is 0 Å². The standard InChI is InChI=1S/C17H14N4OS/c1-22-17-19-16-18-15(23-11-12-7-3-2-4-8-12)13-9-5-6-10-14(13)21(16)20-17/h2-10H,11H2,1H3. The van der Waals surface area contributed by atoms with Gasteiger partial charge in [0.1, 0.15) is 5.03 Å². The van der Waals surface area contributed by atoms with Crippen molar-refractivity contribution in [3.63, 3.8) is 0 Å². The number of hydrogen-bond donors (Lipinski definition) is 0. The molecule has 4 aromatic rings. The Morgan fingerprint density at radius 3 is 2.61 bits per heavy atom. The predicted molar refractivity (Wildman–Crippen MR) is 90.8 cm³/mol. The summed E-state index contributed by atoms with van der Waals surface area (Å²) in [5.41, 5.74) is 2.24. The van der Waals surface area contributed by atoms with Gasteiger partial charge in [-0.25, -0.2) is 4.98 Å². The van der Waals surface area contributed by atoms with E-state index in [9.17, 15) is 0 Å². The van der Waals surface area contributed by atoms with Crippen LogP contribution < -0.4 is 4.74 Å². The smallest absolute Gasteiger partial charge is 0.337 e. The number of nitrogens with zero attached hydrogens (tertiary/aromatic N) is 4. The molecular weight excluding hydrogens is 308 g/mol. The van der Waals surface area contributed by atoms with Crippen molar-refractivity contribution in [1.82, 2.24) is 19.6 Å². The van der Waals surface area contributed by atoms with Crippen LogP contribution in [0.2, 0.25) is 0 Å². The average molecular weight is 322 g/mol. The van der Waals surface area contributed by atoms with E-state index in [1.165, 1.54) is 5.56 Å². The largest absolute Gasteiger partial charge is 0.466 e. The topological polar surface area (TPSA) is 52.3 Å². The summed E-state index contributed by atoms with van der Waals surface area (Å²) >= 11 is 1.70. The molecule has 5 nitrogen and oxygen atoms in total. The first-order chi connectivity index (χ1) is 11.3. The highest BCUT2D eigenvalue weighted by molar-refractivity contribution is 7.98. The minimum absolute atomic E-state index is 0.327. The fraction of sp³-hybridized carbons (Fsp3) is 0.118. The lowest BCUT2D eigenvalue weighted by Crippen LogP contribution is -1.96. The molecule has 0 fully saturated rings. The second kappa shape index (κ2) is 5.89. The lowest BCUT2D eigenvalue weighted by atomic mass is 10.2. The van der Waals surface area contributed by atoms with Crippen LogP contribution in [0.5, 0.6) is 6.01 Å². The minimum atomic E-state index is 0.327. The Hall–Kier alpha value is -2.60. The molecule has 0 aliphatic heterocycles. The molecule has 23 heavy (non-hydrogen) atoms. The van der Waals surface area contributed by atoms with E-state index in [2.05, 4.69) is 33.3 Å². The lowest BCUT2D eigenvalue weighted by Gasteiger charge is -2.06. The van der Waals surface area contributed by atoms with E-state index in [1.54, 1.807) is 23.4 Å². The summed E-state index contributed by atoms with van der Waals surface area (Å²) in [4.78, 5) is 8.96. The summed E-state index contributed by atoms with van der Waals surface area (Å²) in [7, 11) is 1.56. The fourth-order valence-corrected chi connectivity index (χ4v) is 3.40. The van der Waals surface area contributed by atoms with Gasteiger partial charge in [0.15, 0.2) is 0 Å². The van der Waals surface area contributed by atoms with E-state index < -0.39 is 0 Å². The summed E-state index contributed by atoms with van der Waals surface area (Å²) in [6.07, 6.45) is 0. The number of hydrogen-bond acceptors (Lipinski definition) is 5. The van der Waals surface area contributed by atoms with E-state index in [0.29, 0.717) is 11.8 Å². The monoisotopic (exact) mass is 322 g/mol. The number of ether oxygens (including phenoxy) is 1. The first-order valence-electron chi connectivity index (χ1n) is 7.21. The van der Waals surface area contributed by atoms with Crippen LogP contribution >= 0.6 is 11.8 Å². The summed E-state index contributed by atoms with van der Waals surface area (Å²) < 4.78 is 6.85. The maximum Gasteiger partial charge on any atom is 0.337 e. The normalized spacial score (nSPS) is 11.2. The van der Waals surface area contributed by atoms with Crippen LogP contribution in [0, 0.1) is 0 Å². The van der Waals surface area contributed by atoms with Crippen LogP contribution in [0.25, 0.3) is 16.7 Å². The summed E-state index contributed by atoms with van der Waals surface area (Å²) in [6, 6.07) is 18.8. The maximum absolute atomic E-state index is 5.13. The molecule has 0 unspecified atom stereocenters. The van der Waals surface area contributed by atoms with Crippen molar-refractivity contribution in [2.24, 2.45) is 0 Å². The molecule has 114 valence electrons. The van der Waals surface area contributed by atoms with Gasteiger partial charge in [-0.2, -0.15) is 9.50 Å². The predicted octanol–water partition coefficient (Wildman–Crippen LogP) is 3.58. The zero-order chi connectivity index (χ0) is 15.6. The molecule has 0 saturated heterocycles. The molecule has 0 aliphatic carbocycles. The fourth-order valence-electron chi connectivity index (χ4n) is 2.43. The van der Waals surface area contributed by atoms with E-state index in [-0.39, 0.29) is 0 Å². The average Bonchev–Trinajstić information content (AvgIpc) is 3.04. The molecule has 0 aliphatic rings. The highest BCUT2D eigenvalue weighted by Crippen LogP contribution is 2.29. The van der Waals surface area contributed by atoms with E-state index in [4.69, 9.17) is 4.74 Å². The van der Waals surface area contributed by atoms with Crippen LogP contribution in [-0.4, -0.2) is 26.7 Å². The highest BCUT2D eigenvalue weighted by Gasteiger charge is 2.13. The number of thioether (sulfide) groups is 1. The Morgan fingerprint density at radius 2 is 1.78 bits per heavy atom. The van der Waals surface area contributed by atoms with Crippen molar-refractivity contribution >= 4 is 28.4 Å². The van der Waals surface area contributed by atoms with E-state index in [0.717, 1.165) is 21.7 Å². The van der Waals surface area contributed by atoms with Crippen molar-refractivity contribution in [3.05, 3.63) is 60.2 Å². The molecule has 0 N–H and O–H groups in total. The van der Waals surface area contributed by atoms with Crippen molar-refractivity contribution < 1.29 is 4.74 Å². The Bertz CT molecular complexity index is 968. The molecule has 2 aromatic heterocycles. The molecule has 0 radical (unpaired) electrons. The molecule has 2 aromatic carbocycles. The Labute approximate surface area is 137 Å². The molecule has 0 spiro atoms. The quantitative estimate of drug-likeness (QED) is 0.424. The van der Waals surface area contributed by atoms with Crippen LogP contribution in [0.4, 0.5) is 0 Å². The minimum Gasteiger partial charge on any atom is -0.466 e. The first kappa shape index (κ1) is 14.0. The Kier molecular flexibility index (Phi) is 3.59. The zero-order valence-corrected chi connectivity index (χ0v) is 13.3. The van der Waals surface area contributed by atoms with E-state index >= 15 is 0 Å². The van der Waals surface area contributed by atoms with Crippen LogP contribution in [0.1, 0.15) is 5.56 Å². The SMILES string of the molecule is COc1nc2nc(SCc3ccccc3)c3ccccc3n2n1. The van der Waals surface area contributed by atoms with Gasteiger partial charge >= 0.3 is 6.01 Å². The van der Waals surface area contributed by atoms with Crippen molar-refractivity contribution in [3.8, 4) is 6.01 Å². The van der Waals surface area contributed by atoms with Gasteiger partial charge in [0.05, 0.1) is 12.6 Å². The van der Waals surface area contributed by atoms with E-state index in [1.807, 2.05) is 36.4 Å². The highest BCUT2D eigenvalue weighted by atomic mass is 32.2. The second-order valence-corrected chi connectivity index (χ2v) is 5.98. The molecule has 6 heteroatoms. The van der Waals surface area contributed by atoms with Crippen LogP contribution in [0.15, 0.2) is 59.6 Å². The third-order valence-corrected chi connectivity index (χ3v) is 4.60. The third-order valence-electron chi connectivity index (χ3n) is 3.54. The van der Waals surface area contributed by atoms with Crippen molar-refractivity contribution in [2.45, 2.75) is 10.8 Å². The molecule has 0 bridgehead atoms. The maximum atomic E-state index is 5.13. The molecule has 4 rings (SSSR count). The number of rotatable bonds is 4. The first-order valence-corrected chi connectivity index (χ1v) is 8.20. The molecule has 0 amide bonds. The molecule has 0 atom stereocenters. The van der Waals surface area contributed by atoms with Gasteiger partial charge in [-0.3, -0.25) is 0 Å². The van der Waals surface area contributed by atoms with Gasteiger partial charge in [-0.05, 0) is 11.6 Å². The van der Waals surface area contributed by atoms with Crippen LogP contribution in [-0.2, 0) is 5.75 Å². The van der Waals surface area contributed by atoms with Gasteiger partial charge < -0.3 is 4.74 Å². The zero-order valence-electron chi connectivity index (χ0n) is 12.5. The number of methoxy groups -OCH3 is 1. The molecule has 2 heterocycles. The third kappa shape index (κ3) is 2.61. The molecule has 0 saturated carbocycles. The van der Waals surface area contributed by atoms with Gasteiger partial charge in [0.25, 0.3) is 5.78 Å². The van der Waals surface area contributed by atoms with Gasteiger partial charge in [0.2, 0.25) is 0 Å². The van der Waals surface area contributed by atoms with Gasteiger partial charge in [-0.1, -0.05) is 48.5 Å². The van der Waals surface area contributed by atoms with Crippen LogP contribution in [0.3, 0.4) is 0 Å². The lowest BCUT2D eigenvalue weighted by molar-refractivity contribution is 0.381. The Morgan fingerprint density at radius 1 is 1.00 bits per heavy atom. The molecular formula is C17H14N4OS. The Balaban J connectivity index is 1.80. The number of para-hydroxylation sites is 1. The summed E-state index contributed by atoms with van der Waals surface area (Å²) in [6.45, 7) is 0. The summed E-state index contributed by atoms with van der Waals surface area (Å²) in [5, 5.41) is 6.34. The van der Waals surface area contributed by atoms with Crippen molar-refractivity contribution in [2.75, 3.05) is 7.11 Å². The van der Waals surface area contributed by atoms with Gasteiger partial charge in [0, 0.05) is 11.1 Å².